The molecular weight excluding hydrogens is 422 g/mol. The first-order valence-electron chi connectivity index (χ1n) is 10.1. The van der Waals surface area contributed by atoms with E-state index in [2.05, 4.69) is 15.6 Å². The van der Waals surface area contributed by atoms with Gasteiger partial charge in [-0.05, 0) is 18.6 Å². The summed E-state index contributed by atoms with van der Waals surface area (Å²) < 4.78 is 34.9. The Morgan fingerprint density at radius 2 is 2.19 bits per heavy atom. The van der Waals surface area contributed by atoms with Crippen LogP contribution in [0.2, 0.25) is 0 Å². The van der Waals surface area contributed by atoms with E-state index in [0.29, 0.717) is 23.3 Å². The van der Waals surface area contributed by atoms with Crippen LogP contribution in [0.5, 0.6) is 5.75 Å². The van der Waals surface area contributed by atoms with E-state index >= 15 is 0 Å². The summed E-state index contributed by atoms with van der Waals surface area (Å²) in [7, 11) is 1.45. The fraction of sp³-hybridized carbons (Fsp3) is 0.318. The average molecular weight is 444 g/mol. The molecule has 2 aromatic rings. The van der Waals surface area contributed by atoms with Crippen LogP contribution in [0, 0.1) is 11.6 Å². The number of fused-ring (bicyclic) bond motifs is 1. The molecule has 1 atom stereocenters. The summed E-state index contributed by atoms with van der Waals surface area (Å²) in [6, 6.07) is 4.32. The largest absolute Gasteiger partial charge is 0.478 e. The van der Waals surface area contributed by atoms with E-state index in [0.717, 1.165) is 6.07 Å². The number of carbonyl (C=O) groups is 2. The first-order valence-corrected chi connectivity index (χ1v) is 10.1. The molecule has 2 aliphatic heterocycles. The SMILES string of the molecule is CCC1Oc2ccc(CN3CC=C(c4ncc(C(=O)NC)cc4F)CO3)c(F)c2NC1=O. The number of benzene rings is 1. The van der Waals surface area contributed by atoms with Gasteiger partial charge in [-0.1, -0.05) is 19.1 Å². The molecular formula is C22H22F2N4O4. The minimum atomic E-state index is -0.638. The van der Waals surface area contributed by atoms with Gasteiger partial charge in [0.2, 0.25) is 0 Å². The average Bonchev–Trinajstić information content (AvgIpc) is 2.81. The van der Waals surface area contributed by atoms with E-state index < -0.39 is 23.6 Å². The molecule has 0 spiro atoms. The summed E-state index contributed by atoms with van der Waals surface area (Å²) in [6.07, 6.45) is 2.88. The van der Waals surface area contributed by atoms with Crippen molar-refractivity contribution in [3.8, 4) is 5.75 Å². The first-order chi connectivity index (χ1) is 15.4. The Balaban J connectivity index is 1.46. The van der Waals surface area contributed by atoms with Gasteiger partial charge in [-0.2, -0.15) is 5.06 Å². The van der Waals surface area contributed by atoms with Crippen LogP contribution in [0.1, 0.15) is 35.0 Å². The highest BCUT2D eigenvalue weighted by Gasteiger charge is 2.30. The summed E-state index contributed by atoms with van der Waals surface area (Å²) in [5.74, 6) is -1.73. The zero-order chi connectivity index (χ0) is 22.8. The van der Waals surface area contributed by atoms with Crippen LogP contribution in [0.15, 0.2) is 30.5 Å². The van der Waals surface area contributed by atoms with Crippen molar-refractivity contribution in [1.82, 2.24) is 15.4 Å². The predicted octanol–water partition coefficient (Wildman–Crippen LogP) is 2.66. The number of nitrogens with zero attached hydrogens (tertiary/aromatic N) is 2. The molecule has 0 saturated carbocycles. The molecule has 0 saturated heterocycles. The van der Waals surface area contributed by atoms with E-state index in [1.807, 2.05) is 6.92 Å². The van der Waals surface area contributed by atoms with Crippen molar-refractivity contribution >= 4 is 23.1 Å². The number of nitrogens with one attached hydrogen (secondary N) is 2. The number of hydrogen-bond donors (Lipinski definition) is 2. The topological polar surface area (TPSA) is 92.8 Å². The fourth-order valence-corrected chi connectivity index (χ4v) is 3.51. The van der Waals surface area contributed by atoms with Crippen LogP contribution in [0.3, 0.4) is 0 Å². The molecule has 2 amide bonds. The molecule has 0 radical (unpaired) electrons. The summed E-state index contributed by atoms with van der Waals surface area (Å²) in [5, 5.41) is 6.50. The summed E-state index contributed by atoms with van der Waals surface area (Å²) in [4.78, 5) is 33.3. The van der Waals surface area contributed by atoms with Crippen LogP contribution < -0.4 is 15.4 Å². The second-order valence-corrected chi connectivity index (χ2v) is 7.37. The van der Waals surface area contributed by atoms with Gasteiger partial charge in [0.25, 0.3) is 11.8 Å². The lowest BCUT2D eigenvalue weighted by Crippen LogP contribution is -2.37. The molecule has 0 aliphatic carbocycles. The number of amides is 2. The lowest BCUT2D eigenvalue weighted by atomic mass is 10.1. The van der Waals surface area contributed by atoms with Crippen molar-refractivity contribution in [3.05, 3.63) is 58.9 Å². The van der Waals surface area contributed by atoms with Crippen LogP contribution in [-0.4, -0.2) is 48.2 Å². The standard InChI is InChI=1S/C22H22F2N4O4/c1-3-16-22(30)27-20-17(32-16)5-4-12(18(20)24)10-28-7-6-13(11-31-28)19-15(23)8-14(9-26-19)21(29)25-2/h4-6,8-9,16H,3,7,10-11H2,1-2H3,(H,25,29)(H,27,30). The van der Waals surface area contributed by atoms with Crippen LogP contribution in [0.4, 0.5) is 14.5 Å². The molecule has 2 aliphatic rings. The van der Waals surface area contributed by atoms with E-state index in [-0.39, 0.29) is 42.5 Å². The third-order valence-electron chi connectivity index (χ3n) is 5.29. The van der Waals surface area contributed by atoms with Gasteiger partial charge in [0.1, 0.15) is 22.9 Å². The number of rotatable bonds is 5. The van der Waals surface area contributed by atoms with Crippen molar-refractivity contribution in [2.45, 2.75) is 26.0 Å². The quantitative estimate of drug-likeness (QED) is 0.737. The van der Waals surface area contributed by atoms with Crippen LogP contribution in [0.25, 0.3) is 5.57 Å². The Hall–Kier alpha value is -3.37. The highest BCUT2D eigenvalue weighted by atomic mass is 19.1. The third kappa shape index (κ3) is 4.19. The van der Waals surface area contributed by atoms with Gasteiger partial charge in [-0.3, -0.25) is 19.4 Å². The second-order valence-electron chi connectivity index (χ2n) is 7.37. The maximum absolute atomic E-state index is 15.0. The zero-order valence-electron chi connectivity index (χ0n) is 17.6. The molecule has 1 aromatic heterocycles. The molecule has 2 N–H and O–H groups in total. The molecule has 4 rings (SSSR count). The van der Waals surface area contributed by atoms with E-state index in [9.17, 15) is 18.4 Å². The Morgan fingerprint density at radius 3 is 2.84 bits per heavy atom. The summed E-state index contributed by atoms with van der Waals surface area (Å²) in [5.41, 5.74) is 1.09. The van der Waals surface area contributed by atoms with Crippen LogP contribution >= 0.6 is 0 Å². The molecule has 0 fully saturated rings. The van der Waals surface area contributed by atoms with Gasteiger partial charge < -0.3 is 15.4 Å². The number of halogens is 2. The van der Waals surface area contributed by atoms with Crippen molar-refractivity contribution in [3.63, 3.8) is 0 Å². The molecule has 8 nitrogen and oxygen atoms in total. The lowest BCUT2D eigenvalue weighted by molar-refractivity contribution is -0.151. The Morgan fingerprint density at radius 1 is 1.38 bits per heavy atom. The van der Waals surface area contributed by atoms with Gasteiger partial charge in [-0.25, -0.2) is 8.78 Å². The van der Waals surface area contributed by atoms with E-state index in [1.165, 1.54) is 18.3 Å². The number of carbonyl (C=O) groups excluding carboxylic acids is 2. The third-order valence-corrected chi connectivity index (χ3v) is 5.29. The highest BCUT2D eigenvalue weighted by molar-refractivity contribution is 5.98. The molecule has 168 valence electrons. The molecule has 32 heavy (non-hydrogen) atoms. The molecule has 10 heteroatoms. The number of aromatic nitrogens is 1. The highest BCUT2D eigenvalue weighted by Crippen LogP contribution is 2.35. The zero-order valence-corrected chi connectivity index (χ0v) is 17.6. The van der Waals surface area contributed by atoms with E-state index in [4.69, 9.17) is 9.57 Å². The number of hydrogen-bond acceptors (Lipinski definition) is 6. The van der Waals surface area contributed by atoms with Crippen molar-refractivity contribution in [2.75, 3.05) is 25.5 Å². The minimum Gasteiger partial charge on any atom is -0.478 e. The van der Waals surface area contributed by atoms with Crippen LogP contribution in [-0.2, 0) is 16.2 Å². The summed E-state index contributed by atoms with van der Waals surface area (Å²) in [6.45, 7) is 2.23. The normalized spacial score (nSPS) is 18.3. The lowest BCUT2D eigenvalue weighted by Gasteiger charge is -2.28. The Kier molecular flexibility index (Phi) is 6.15. The monoisotopic (exact) mass is 444 g/mol. The number of anilines is 1. The number of pyridine rings is 1. The molecule has 0 bridgehead atoms. The van der Waals surface area contributed by atoms with Gasteiger partial charge >= 0.3 is 0 Å². The molecule has 1 aromatic carbocycles. The summed E-state index contributed by atoms with van der Waals surface area (Å²) >= 11 is 0. The Labute approximate surface area is 183 Å². The predicted molar refractivity (Wildman–Crippen MR) is 112 cm³/mol. The van der Waals surface area contributed by atoms with Gasteiger partial charge in [0, 0.05) is 30.9 Å². The van der Waals surface area contributed by atoms with E-state index in [1.54, 1.807) is 18.2 Å². The maximum Gasteiger partial charge on any atom is 0.265 e. The number of hydroxylamine groups is 2. The second kappa shape index (κ2) is 9.01. The fourth-order valence-electron chi connectivity index (χ4n) is 3.51. The van der Waals surface area contributed by atoms with Gasteiger partial charge in [0.05, 0.1) is 18.7 Å². The molecule has 1 unspecified atom stereocenters. The first kappa shape index (κ1) is 21.8. The smallest absolute Gasteiger partial charge is 0.265 e. The number of ether oxygens (including phenoxy) is 1. The Bertz CT molecular complexity index is 1110. The van der Waals surface area contributed by atoms with Crippen molar-refractivity contribution in [2.24, 2.45) is 0 Å². The van der Waals surface area contributed by atoms with Gasteiger partial charge in [-0.15, -0.1) is 0 Å². The molecule has 3 heterocycles. The van der Waals surface area contributed by atoms with Crippen molar-refractivity contribution < 1.29 is 27.9 Å². The maximum atomic E-state index is 15.0. The van der Waals surface area contributed by atoms with Gasteiger partial charge in [0.15, 0.2) is 11.9 Å². The minimum absolute atomic E-state index is 0.0212. The van der Waals surface area contributed by atoms with Crippen molar-refractivity contribution in [1.29, 1.82) is 0 Å².